The van der Waals surface area contributed by atoms with Crippen LogP contribution >= 0.6 is 0 Å². The number of aromatic nitrogens is 1. The van der Waals surface area contributed by atoms with Crippen LogP contribution in [0.5, 0.6) is 0 Å². The Balaban J connectivity index is 1.82. The standard InChI is InChI=1S/C16H16N2O2/c1-2-11-17-15(19)9-6-10-16-18-12-14(20-16)13-7-4-3-5-8-13/h1,3-5,7-8,12H,6,9-11H2,(H,17,19). The number of hydrogen-bond acceptors (Lipinski definition) is 3. The number of carbonyl (C=O) groups excluding carboxylic acids is 1. The van der Waals surface area contributed by atoms with Gasteiger partial charge in [0.15, 0.2) is 11.7 Å². The molecule has 1 aromatic carbocycles. The molecule has 20 heavy (non-hydrogen) atoms. The molecule has 1 aromatic heterocycles. The quantitative estimate of drug-likeness (QED) is 0.818. The highest BCUT2D eigenvalue weighted by atomic mass is 16.4. The van der Waals surface area contributed by atoms with Crippen LogP contribution in [0.4, 0.5) is 0 Å². The van der Waals surface area contributed by atoms with Gasteiger partial charge in [-0.2, -0.15) is 0 Å². The van der Waals surface area contributed by atoms with Crippen LogP contribution in [-0.2, 0) is 11.2 Å². The van der Waals surface area contributed by atoms with Gasteiger partial charge in [0.05, 0.1) is 12.7 Å². The van der Waals surface area contributed by atoms with Crippen molar-refractivity contribution in [3.8, 4) is 23.7 Å². The first-order valence-corrected chi connectivity index (χ1v) is 6.50. The summed E-state index contributed by atoms with van der Waals surface area (Å²) in [7, 11) is 0. The Bertz CT molecular complexity index is 596. The van der Waals surface area contributed by atoms with Crippen molar-refractivity contribution in [3.63, 3.8) is 0 Å². The fourth-order valence-electron chi connectivity index (χ4n) is 1.80. The maximum Gasteiger partial charge on any atom is 0.220 e. The Morgan fingerprint density at radius 2 is 2.15 bits per heavy atom. The van der Waals surface area contributed by atoms with E-state index in [4.69, 9.17) is 10.8 Å². The second-order valence-corrected chi connectivity index (χ2v) is 4.32. The van der Waals surface area contributed by atoms with E-state index in [9.17, 15) is 4.79 Å². The maximum atomic E-state index is 11.4. The SMILES string of the molecule is C#CCNC(=O)CCCc1ncc(-c2ccccc2)o1. The summed E-state index contributed by atoms with van der Waals surface area (Å²) in [6.45, 7) is 0.274. The predicted molar refractivity (Wildman–Crippen MR) is 76.7 cm³/mol. The molecule has 0 saturated heterocycles. The second kappa shape index (κ2) is 7.15. The van der Waals surface area contributed by atoms with Crippen molar-refractivity contribution in [2.75, 3.05) is 6.54 Å². The Labute approximate surface area is 118 Å². The Morgan fingerprint density at radius 3 is 2.90 bits per heavy atom. The first-order chi connectivity index (χ1) is 9.79. The van der Waals surface area contributed by atoms with Crippen molar-refractivity contribution in [3.05, 3.63) is 42.4 Å². The minimum Gasteiger partial charge on any atom is -0.441 e. The van der Waals surface area contributed by atoms with E-state index in [1.165, 1.54) is 0 Å². The van der Waals surface area contributed by atoms with Crippen LogP contribution in [0.1, 0.15) is 18.7 Å². The fraction of sp³-hybridized carbons (Fsp3) is 0.250. The lowest BCUT2D eigenvalue weighted by molar-refractivity contribution is -0.120. The molecule has 2 rings (SSSR count). The lowest BCUT2D eigenvalue weighted by atomic mass is 10.2. The normalized spacial score (nSPS) is 9.95. The summed E-state index contributed by atoms with van der Waals surface area (Å²) in [6, 6.07) is 9.80. The summed E-state index contributed by atoms with van der Waals surface area (Å²) in [6.07, 6.45) is 8.52. The third-order valence-electron chi connectivity index (χ3n) is 2.79. The van der Waals surface area contributed by atoms with Crippen molar-refractivity contribution >= 4 is 5.91 Å². The van der Waals surface area contributed by atoms with Crippen LogP contribution in [0.2, 0.25) is 0 Å². The lowest BCUT2D eigenvalue weighted by Crippen LogP contribution is -2.23. The molecule has 0 bridgehead atoms. The molecule has 2 aromatic rings. The highest BCUT2D eigenvalue weighted by Crippen LogP contribution is 2.20. The number of rotatable bonds is 6. The van der Waals surface area contributed by atoms with Gasteiger partial charge in [-0.05, 0) is 6.42 Å². The molecular formula is C16H16N2O2. The van der Waals surface area contributed by atoms with Gasteiger partial charge in [0.1, 0.15) is 0 Å². The average molecular weight is 268 g/mol. The molecule has 0 atom stereocenters. The third kappa shape index (κ3) is 3.99. The molecule has 0 saturated carbocycles. The Kier molecular flexibility index (Phi) is 4.96. The zero-order valence-electron chi connectivity index (χ0n) is 11.1. The van der Waals surface area contributed by atoms with Gasteiger partial charge in [-0.3, -0.25) is 4.79 Å². The molecule has 4 heteroatoms. The van der Waals surface area contributed by atoms with Crippen LogP contribution in [0.15, 0.2) is 40.9 Å². The molecule has 1 amide bonds. The minimum absolute atomic E-state index is 0.0437. The van der Waals surface area contributed by atoms with E-state index in [0.29, 0.717) is 25.2 Å². The molecule has 0 aliphatic rings. The van der Waals surface area contributed by atoms with Gasteiger partial charge in [-0.15, -0.1) is 6.42 Å². The van der Waals surface area contributed by atoms with Crippen LogP contribution in [-0.4, -0.2) is 17.4 Å². The van der Waals surface area contributed by atoms with E-state index in [2.05, 4.69) is 16.2 Å². The average Bonchev–Trinajstić information content (AvgIpc) is 2.95. The van der Waals surface area contributed by atoms with Gasteiger partial charge < -0.3 is 9.73 Å². The minimum atomic E-state index is -0.0437. The summed E-state index contributed by atoms with van der Waals surface area (Å²) in [5.74, 6) is 3.72. The largest absolute Gasteiger partial charge is 0.441 e. The number of benzene rings is 1. The molecule has 1 N–H and O–H groups in total. The van der Waals surface area contributed by atoms with E-state index in [0.717, 1.165) is 11.3 Å². The first kappa shape index (κ1) is 13.9. The molecule has 4 nitrogen and oxygen atoms in total. The first-order valence-electron chi connectivity index (χ1n) is 6.50. The second-order valence-electron chi connectivity index (χ2n) is 4.32. The summed E-state index contributed by atoms with van der Waals surface area (Å²) >= 11 is 0. The van der Waals surface area contributed by atoms with Crippen molar-refractivity contribution in [2.24, 2.45) is 0 Å². The van der Waals surface area contributed by atoms with Crippen molar-refractivity contribution < 1.29 is 9.21 Å². The molecule has 0 spiro atoms. The summed E-state index contributed by atoms with van der Waals surface area (Å²) in [4.78, 5) is 15.6. The van der Waals surface area contributed by atoms with Crippen LogP contribution in [0.3, 0.4) is 0 Å². The van der Waals surface area contributed by atoms with Crippen LogP contribution < -0.4 is 5.32 Å². The smallest absolute Gasteiger partial charge is 0.220 e. The number of amides is 1. The van der Waals surface area contributed by atoms with E-state index in [-0.39, 0.29) is 12.5 Å². The number of nitrogens with zero attached hydrogens (tertiary/aromatic N) is 1. The fourth-order valence-corrected chi connectivity index (χ4v) is 1.80. The predicted octanol–water partition coefficient (Wildman–Crippen LogP) is 2.41. The van der Waals surface area contributed by atoms with Crippen LogP contribution in [0.25, 0.3) is 11.3 Å². The molecule has 0 aliphatic heterocycles. The zero-order valence-corrected chi connectivity index (χ0v) is 11.1. The van der Waals surface area contributed by atoms with E-state index in [1.54, 1.807) is 6.20 Å². The van der Waals surface area contributed by atoms with Gasteiger partial charge in [0.2, 0.25) is 5.91 Å². The topological polar surface area (TPSA) is 55.1 Å². The van der Waals surface area contributed by atoms with Crippen molar-refractivity contribution in [2.45, 2.75) is 19.3 Å². The number of hydrogen-bond donors (Lipinski definition) is 1. The van der Waals surface area contributed by atoms with Gasteiger partial charge in [-0.1, -0.05) is 36.3 Å². The number of aryl methyl sites for hydroxylation is 1. The molecule has 0 radical (unpaired) electrons. The highest BCUT2D eigenvalue weighted by Gasteiger charge is 2.07. The molecule has 0 fully saturated rings. The van der Waals surface area contributed by atoms with Crippen LogP contribution in [0, 0.1) is 12.3 Å². The van der Waals surface area contributed by atoms with E-state index >= 15 is 0 Å². The molecule has 102 valence electrons. The maximum absolute atomic E-state index is 11.4. The molecular weight excluding hydrogens is 252 g/mol. The number of oxazole rings is 1. The zero-order chi connectivity index (χ0) is 14.2. The highest BCUT2D eigenvalue weighted by molar-refractivity contribution is 5.76. The van der Waals surface area contributed by atoms with Crippen molar-refractivity contribution in [1.82, 2.24) is 10.3 Å². The third-order valence-corrected chi connectivity index (χ3v) is 2.79. The van der Waals surface area contributed by atoms with Gasteiger partial charge in [0, 0.05) is 18.4 Å². The summed E-state index contributed by atoms with van der Waals surface area (Å²) in [5, 5.41) is 2.62. The number of terminal acetylenes is 1. The Morgan fingerprint density at radius 1 is 1.35 bits per heavy atom. The van der Waals surface area contributed by atoms with E-state index in [1.807, 2.05) is 30.3 Å². The molecule has 1 heterocycles. The van der Waals surface area contributed by atoms with Gasteiger partial charge in [0.25, 0.3) is 0 Å². The molecule has 0 aliphatic carbocycles. The van der Waals surface area contributed by atoms with Gasteiger partial charge >= 0.3 is 0 Å². The number of nitrogens with one attached hydrogen (secondary N) is 1. The van der Waals surface area contributed by atoms with Crippen molar-refractivity contribution in [1.29, 1.82) is 0 Å². The lowest BCUT2D eigenvalue weighted by Gasteiger charge is -1.99. The number of carbonyl (C=O) groups is 1. The summed E-state index contributed by atoms with van der Waals surface area (Å²) in [5.41, 5.74) is 0.998. The van der Waals surface area contributed by atoms with E-state index < -0.39 is 0 Å². The van der Waals surface area contributed by atoms with Gasteiger partial charge in [-0.25, -0.2) is 4.98 Å². The monoisotopic (exact) mass is 268 g/mol. The summed E-state index contributed by atoms with van der Waals surface area (Å²) < 4.78 is 5.66. The molecule has 0 unspecified atom stereocenters. The Hall–Kier alpha value is -2.54.